The number of esters is 1. The van der Waals surface area contributed by atoms with E-state index in [2.05, 4.69) is 16.6 Å². The Hall–Kier alpha value is -1.18. The lowest BCUT2D eigenvalue weighted by Gasteiger charge is -2.20. The fourth-order valence-corrected chi connectivity index (χ4v) is 1.48. The van der Waals surface area contributed by atoms with Gasteiger partial charge in [-0.1, -0.05) is 6.92 Å². The van der Waals surface area contributed by atoms with Crippen molar-refractivity contribution in [2.45, 2.75) is 19.8 Å². The van der Waals surface area contributed by atoms with Gasteiger partial charge < -0.3 is 24.2 Å². The van der Waals surface area contributed by atoms with Crippen molar-refractivity contribution in [1.82, 2.24) is 4.90 Å². The maximum atomic E-state index is 11.4. The molecule has 0 aromatic rings. The summed E-state index contributed by atoms with van der Waals surface area (Å²) in [5.41, 5.74) is 0. The number of ether oxygens (including phenoxy) is 3. The molecule has 7 heteroatoms. The highest BCUT2D eigenvalue weighted by molar-refractivity contribution is 5.69. The van der Waals surface area contributed by atoms with Gasteiger partial charge in [-0.3, -0.25) is 9.59 Å². The van der Waals surface area contributed by atoms with Crippen LogP contribution in [0.1, 0.15) is 19.8 Å². The van der Waals surface area contributed by atoms with Gasteiger partial charge in [0.15, 0.2) is 0 Å². The standard InChI is InChI=1S/C12H23NO6/c1-2-4-13(6-7-17-10-14)5-3-12(16)19-9-8-18-11-15/h11,14H,2-10H2,1H3. The van der Waals surface area contributed by atoms with Crippen molar-refractivity contribution in [3.8, 4) is 0 Å². The van der Waals surface area contributed by atoms with Gasteiger partial charge in [-0.2, -0.15) is 0 Å². The molecule has 0 bridgehead atoms. The molecule has 7 nitrogen and oxygen atoms in total. The summed E-state index contributed by atoms with van der Waals surface area (Å²) in [4.78, 5) is 23.3. The first-order valence-electron chi connectivity index (χ1n) is 6.36. The average molecular weight is 277 g/mol. The maximum Gasteiger partial charge on any atom is 0.307 e. The fraction of sp³-hybridized carbons (Fsp3) is 0.833. The summed E-state index contributed by atoms with van der Waals surface area (Å²) in [5.74, 6) is -0.321. The Kier molecular flexibility index (Phi) is 12.4. The number of nitrogens with zero attached hydrogens (tertiary/aromatic N) is 1. The highest BCUT2D eigenvalue weighted by Gasteiger charge is 2.08. The van der Waals surface area contributed by atoms with Crippen LogP contribution in [0.25, 0.3) is 0 Å². The lowest BCUT2D eigenvalue weighted by molar-refractivity contribution is -0.147. The van der Waals surface area contributed by atoms with E-state index >= 15 is 0 Å². The second kappa shape index (κ2) is 13.3. The number of aliphatic hydroxyl groups excluding tert-OH is 1. The highest BCUT2D eigenvalue weighted by Crippen LogP contribution is 1.96. The van der Waals surface area contributed by atoms with Gasteiger partial charge in [0, 0.05) is 13.1 Å². The fourth-order valence-electron chi connectivity index (χ4n) is 1.48. The molecule has 0 radical (unpaired) electrons. The van der Waals surface area contributed by atoms with Gasteiger partial charge >= 0.3 is 5.97 Å². The number of carbonyl (C=O) groups excluding carboxylic acids is 2. The Morgan fingerprint density at radius 1 is 1.21 bits per heavy atom. The smallest absolute Gasteiger partial charge is 0.307 e. The largest absolute Gasteiger partial charge is 0.464 e. The first-order chi connectivity index (χ1) is 9.24. The normalized spacial score (nSPS) is 10.5. The zero-order valence-corrected chi connectivity index (χ0v) is 11.4. The van der Waals surface area contributed by atoms with Crippen LogP contribution in [0.3, 0.4) is 0 Å². The van der Waals surface area contributed by atoms with E-state index in [1.165, 1.54) is 0 Å². The molecule has 0 aromatic heterocycles. The van der Waals surface area contributed by atoms with E-state index in [0.29, 0.717) is 26.2 Å². The predicted molar refractivity (Wildman–Crippen MR) is 67.4 cm³/mol. The minimum atomic E-state index is -0.321. The summed E-state index contributed by atoms with van der Waals surface area (Å²) in [7, 11) is 0. The lowest BCUT2D eigenvalue weighted by Crippen LogP contribution is -2.31. The van der Waals surface area contributed by atoms with E-state index in [9.17, 15) is 9.59 Å². The van der Waals surface area contributed by atoms with Crippen molar-refractivity contribution in [2.24, 2.45) is 0 Å². The summed E-state index contributed by atoms with van der Waals surface area (Å²) in [6, 6.07) is 0. The third kappa shape index (κ3) is 11.6. The lowest BCUT2D eigenvalue weighted by atomic mass is 10.3. The van der Waals surface area contributed by atoms with Crippen LogP contribution in [-0.4, -0.2) is 68.7 Å². The van der Waals surface area contributed by atoms with Crippen molar-refractivity contribution in [3.05, 3.63) is 0 Å². The molecule has 0 unspecified atom stereocenters. The van der Waals surface area contributed by atoms with Crippen LogP contribution in [0.15, 0.2) is 0 Å². The quantitative estimate of drug-likeness (QED) is 0.215. The van der Waals surface area contributed by atoms with Crippen molar-refractivity contribution >= 4 is 12.4 Å². The molecule has 0 fully saturated rings. The molecule has 19 heavy (non-hydrogen) atoms. The van der Waals surface area contributed by atoms with Gasteiger partial charge in [-0.05, 0) is 13.0 Å². The van der Waals surface area contributed by atoms with Gasteiger partial charge in [0.2, 0.25) is 0 Å². The molecule has 0 aliphatic rings. The maximum absolute atomic E-state index is 11.4. The molecule has 0 spiro atoms. The third-order valence-corrected chi connectivity index (χ3v) is 2.35. The zero-order chi connectivity index (χ0) is 14.3. The first kappa shape index (κ1) is 17.8. The minimum Gasteiger partial charge on any atom is -0.464 e. The second-order valence-corrected chi connectivity index (χ2v) is 3.82. The summed E-state index contributed by atoms with van der Waals surface area (Å²) < 4.78 is 14.1. The van der Waals surface area contributed by atoms with Crippen LogP contribution in [0.2, 0.25) is 0 Å². The monoisotopic (exact) mass is 277 g/mol. The molecule has 1 N–H and O–H groups in total. The van der Waals surface area contributed by atoms with E-state index in [1.54, 1.807) is 0 Å². The topological polar surface area (TPSA) is 85.3 Å². The third-order valence-electron chi connectivity index (χ3n) is 2.35. The Morgan fingerprint density at radius 2 is 2.00 bits per heavy atom. The van der Waals surface area contributed by atoms with Gasteiger partial charge in [0.05, 0.1) is 13.0 Å². The van der Waals surface area contributed by atoms with Crippen LogP contribution >= 0.6 is 0 Å². The molecule has 0 rings (SSSR count). The van der Waals surface area contributed by atoms with Crippen molar-refractivity contribution < 1.29 is 28.9 Å². The van der Waals surface area contributed by atoms with E-state index in [1.807, 2.05) is 0 Å². The molecule has 112 valence electrons. The Bertz CT molecular complexity index is 236. The number of rotatable bonds is 13. The zero-order valence-electron chi connectivity index (χ0n) is 11.4. The van der Waals surface area contributed by atoms with Crippen LogP contribution < -0.4 is 0 Å². The van der Waals surface area contributed by atoms with E-state index in [0.717, 1.165) is 13.0 Å². The molecule has 0 saturated heterocycles. The Balaban J connectivity index is 3.69. The minimum absolute atomic E-state index is 0.0816. The Morgan fingerprint density at radius 3 is 2.63 bits per heavy atom. The predicted octanol–water partition coefficient (Wildman–Crippen LogP) is -0.229. The highest BCUT2D eigenvalue weighted by atomic mass is 16.6. The van der Waals surface area contributed by atoms with Gasteiger partial charge in [0.1, 0.15) is 20.0 Å². The van der Waals surface area contributed by atoms with Crippen LogP contribution in [0, 0.1) is 0 Å². The molecule has 0 heterocycles. The van der Waals surface area contributed by atoms with E-state index in [4.69, 9.17) is 14.6 Å². The molecule has 0 aliphatic carbocycles. The van der Waals surface area contributed by atoms with E-state index in [-0.39, 0.29) is 32.4 Å². The number of carbonyl (C=O) groups is 2. The molecular weight excluding hydrogens is 254 g/mol. The van der Waals surface area contributed by atoms with Gasteiger partial charge in [-0.25, -0.2) is 0 Å². The second-order valence-electron chi connectivity index (χ2n) is 3.82. The van der Waals surface area contributed by atoms with Crippen LogP contribution in [-0.2, 0) is 23.8 Å². The first-order valence-corrected chi connectivity index (χ1v) is 6.36. The molecule has 0 atom stereocenters. The van der Waals surface area contributed by atoms with Crippen LogP contribution in [0.4, 0.5) is 0 Å². The Labute approximate surface area is 113 Å². The number of hydrogen-bond acceptors (Lipinski definition) is 7. The van der Waals surface area contributed by atoms with Gasteiger partial charge in [0.25, 0.3) is 6.47 Å². The molecule has 0 aromatic carbocycles. The van der Waals surface area contributed by atoms with Crippen LogP contribution in [0.5, 0.6) is 0 Å². The molecule has 0 amide bonds. The summed E-state index contributed by atoms with van der Waals surface area (Å²) in [6.45, 7) is 4.77. The molecule has 0 aliphatic heterocycles. The number of hydrogen-bond donors (Lipinski definition) is 1. The SMILES string of the molecule is CCCN(CCOCO)CCC(=O)OCCOC=O. The van der Waals surface area contributed by atoms with Crippen molar-refractivity contribution in [2.75, 3.05) is 46.2 Å². The molecular formula is C12H23NO6. The number of aliphatic hydroxyl groups is 1. The molecule has 0 saturated carbocycles. The summed E-state index contributed by atoms with van der Waals surface area (Å²) in [6.07, 6.45) is 1.25. The summed E-state index contributed by atoms with van der Waals surface area (Å²) >= 11 is 0. The average Bonchev–Trinajstić information content (AvgIpc) is 2.41. The summed E-state index contributed by atoms with van der Waals surface area (Å²) in [5, 5.41) is 8.52. The van der Waals surface area contributed by atoms with E-state index < -0.39 is 0 Å². The van der Waals surface area contributed by atoms with Crippen molar-refractivity contribution in [3.63, 3.8) is 0 Å². The van der Waals surface area contributed by atoms with Crippen molar-refractivity contribution in [1.29, 1.82) is 0 Å². The van der Waals surface area contributed by atoms with Gasteiger partial charge in [-0.15, -0.1) is 0 Å².